The van der Waals surface area contributed by atoms with Gasteiger partial charge in [0.05, 0.1) is 10.9 Å². The van der Waals surface area contributed by atoms with Crippen molar-refractivity contribution in [1.82, 2.24) is 14.9 Å². The maximum absolute atomic E-state index is 11.6. The Balaban J connectivity index is 1.47. The summed E-state index contributed by atoms with van der Waals surface area (Å²) < 4.78 is 5.99. The number of amides is 1. The lowest BCUT2D eigenvalue weighted by atomic mass is 9.93. The van der Waals surface area contributed by atoms with Crippen LogP contribution in [0.3, 0.4) is 0 Å². The average molecular weight is 308 g/mol. The van der Waals surface area contributed by atoms with Gasteiger partial charge in [-0.2, -0.15) is 0 Å². The molecule has 0 unspecified atom stereocenters. The summed E-state index contributed by atoms with van der Waals surface area (Å²) >= 11 is 1.95. The zero-order chi connectivity index (χ0) is 14.9. The van der Waals surface area contributed by atoms with Crippen molar-refractivity contribution in [2.24, 2.45) is 0 Å². The summed E-state index contributed by atoms with van der Waals surface area (Å²) in [4.78, 5) is 23.9. The Morgan fingerprint density at radius 1 is 1.48 bits per heavy atom. The monoisotopic (exact) mass is 308 g/mol. The molecule has 7 heteroatoms. The molecule has 1 aromatic rings. The third-order valence-corrected chi connectivity index (χ3v) is 5.49. The number of rotatable bonds is 4. The molecule has 0 aromatic carbocycles. The van der Waals surface area contributed by atoms with Crippen LogP contribution in [0.1, 0.15) is 6.42 Å². The van der Waals surface area contributed by atoms with Gasteiger partial charge >= 0.3 is 0 Å². The number of likely N-dealkylation sites (N-methyl/N-ethyl adjacent to an activating group) is 1. The molecule has 3 rings (SSSR count). The summed E-state index contributed by atoms with van der Waals surface area (Å²) in [7, 11) is 3.50. The molecule has 0 N–H and O–H groups in total. The third kappa shape index (κ3) is 3.13. The second-order valence-corrected chi connectivity index (χ2v) is 7.31. The minimum atomic E-state index is 0.0221. The fraction of sp³-hybridized carbons (Fsp3) is 0.643. The molecule has 2 aliphatic heterocycles. The zero-order valence-corrected chi connectivity index (χ0v) is 13.2. The molecular formula is C14H20N4O2S. The molecule has 21 heavy (non-hydrogen) atoms. The molecule has 2 saturated heterocycles. The van der Waals surface area contributed by atoms with Crippen LogP contribution in [0.15, 0.2) is 18.5 Å². The highest BCUT2D eigenvalue weighted by Crippen LogP contribution is 2.46. The standard InChI is InChI=1S/C14H20N4O2S/c1-17(2)12(19)7-20-11-6-14(21-8-11)9-18(10-14)13-15-4-3-5-16-13/h3-5,11H,6-10H2,1-2H3/t11-/m1/s1. The van der Waals surface area contributed by atoms with Crippen LogP contribution >= 0.6 is 11.8 Å². The quantitative estimate of drug-likeness (QED) is 0.814. The van der Waals surface area contributed by atoms with E-state index < -0.39 is 0 Å². The van der Waals surface area contributed by atoms with E-state index in [4.69, 9.17) is 4.74 Å². The van der Waals surface area contributed by atoms with Crippen LogP contribution in [0.4, 0.5) is 5.95 Å². The van der Waals surface area contributed by atoms with Crippen molar-refractivity contribution < 1.29 is 9.53 Å². The summed E-state index contributed by atoms with van der Waals surface area (Å²) in [6.07, 6.45) is 4.72. The first-order chi connectivity index (χ1) is 10.1. The van der Waals surface area contributed by atoms with Crippen molar-refractivity contribution in [2.45, 2.75) is 17.3 Å². The second kappa shape index (κ2) is 5.81. The topological polar surface area (TPSA) is 58.6 Å². The lowest BCUT2D eigenvalue weighted by Crippen LogP contribution is -2.59. The summed E-state index contributed by atoms with van der Waals surface area (Å²) in [5.41, 5.74) is 0. The first-order valence-electron chi connectivity index (χ1n) is 7.06. The first-order valence-corrected chi connectivity index (χ1v) is 8.04. The second-order valence-electron chi connectivity index (χ2n) is 5.82. The minimum absolute atomic E-state index is 0.0221. The van der Waals surface area contributed by atoms with Crippen LogP contribution in [0.5, 0.6) is 0 Å². The van der Waals surface area contributed by atoms with Gasteiger partial charge in [0.25, 0.3) is 0 Å². The molecule has 0 aliphatic carbocycles. The van der Waals surface area contributed by atoms with Crippen molar-refractivity contribution in [3.63, 3.8) is 0 Å². The van der Waals surface area contributed by atoms with E-state index in [1.807, 2.05) is 17.8 Å². The first kappa shape index (κ1) is 14.6. The molecule has 114 valence electrons. The highest BCUT2D eigenvalue weighted by molar-refractivity contribution is 8.01. The molecule has 0 saturated carbocycles. The summed E-state index contributed by atoms with van der Waals surface area (Å²) in [6, 6.07) is 1.83. The third-order valence-electron chi connectivity index (χ3n) is 3.91. The van der Waals surface area contributed by atoms with Crippen molar-refractivity contribution in [3.05, 3.63) is 18.5 Å². The number of carbonyl (C=O) groups is 1. The predicted molar refractivity (Wildman–Crippen MR) is 82.5 cm³/mol. The highest BCUT2D eigenvalue weighted by atomic mass is 32.2. The van der Waals surface area contributed by atoms with Gasteiger partial charge in [0.15, 0.2) is 0 Å². The smallest absolute Gasteiger partial charge is 0.248 e. The Morgan fingerprint density at radius 2 is 2.19 bits per heavy atom. The number of ether oxygens (including phenoxy) is 1. The predicted octanol–water partition coefficient (Wildman–Crippen LogP) is 0.646. The molecule has 1 aromatic heterocycles. The maximum atomic E-state index is 11.6. The largest absolute Gasteiger partial charge is 0.367 e. The molecule has 2 fully saturated rings. The van der Waals surface area contributed by atoms with Crippen LogP contribution in [-0.4, -0.2) is 71.2 Å². The van der Waals surface area contributed by atoms with E-state index in [0.29, 0.717) is 0 Å². The molecule has 6 nitrogen and oxygen atoms in total. The van der Waals surface area contributed by atoms with Crippen LogP contribution in [0.2, 0.25) is 0 Å². The minimum Gasteiger partial charge on any atom is -0.367 e. The van der Waals surface area contributed by atoms with Crippen LogP contribution < -0.4 is 4.90 Å². The molecular weight excluding hydrogens is 288 g/mol. The molecule has 1 amide bonds. The number of hydrogen-bond donors (Lipinski definition) is 0. The fourth-order valence-corrected chi connectivity index (χ4v) is 4.24. The lowest BCUT2D eigenvalue weighted by Gasteiger charge is -2.47. The van der Waals surface area contributed by atoms with E-state index >= 15 is 0 Å². The SMILES string of the molecule is CN(C)C(=O)CO[C@H]1CSC2(C1)CN(c1ncccn1)C2. The molecule has 2 aliphatic rings. The van der Waals surface area contributed by atoms with Gasteiger partial charge in [-0.15, -0.1) is 11.8 Å². The van der Waals surface area contributed by atoms with Gasteiger partial charge in [-0.3, -0.25) is 4.79 Å². The van der Waals surface area contributed by atoms with Crippen molar-refractivity contribution in [1.29, 1.82) is 0 Å². The lowest BCUT2D eigenvalue weighted by molar-refractivity contribution is -0.135. The Morgan fingerprint density at radius 3 is 2.86 bits per heavy atom. The number of aromatic nitrogens is 2. The molecule has 0 radical (unpaired) electrons. The number of thioether (sulfide) groups is 1. The van der Waals surface area contributed by atoms with Crippen molar-refractivity contribution >= 4 is 23.6 Å². The van der Waals surface area contributed by atoms with Crippen molar-refractivity contribution in [2.75, 3.05) is 44.4 Å². The highest BCUT2D eigenvalue weighted by Gasteiger charge is 2.50. The van der Waals surface area contributed by atoms with Crippen LogP contribution in [-0.2, 0) is 9.53 Å². The fourth-order valence-electron chi connectivity index (χ4n) is 2.69. The van der Waals surface area contributed by atoms with E-state index in [1.165, 1.54) is 0 Å². The Labute approximate surface area is 128 Å². The normalized spacial score (nSPS) is 23.1. The molecule has 0 bridgehead atoms. The summed E-state index contributed by atoms with van der Waals surface area (Å²) in [5.74, 6) is 1.79. The van der Waals surface area contributed by atoms with Gasteiger partial charge in [-0.05, 0) is 12.5 Å². The van der Waals surface area contributed by atoms with E-state index in [1.54, 1.807) is 31.4 Å². The van der Waals surface area contributed by atoms with Crippen LogP contribution in [0, 0.1) is 0 Å². The Kier molecular flexibility index (Phi) is 4.03. The summed E-state index contributed by atoms with van der Waals surface area (Å²) in [6.45, 7) is 2.10. The molecule has 3 heterocycles. The van der Waals surface area contributed by atoms with E-state index in [-0.39, 0.29) is 23.4 Å². The number of carbonyl (C=O) groups excluding carboxylic acids is 1. The average Bonchev–Trinajstić information content (AvgIpc) is 2.88. The maximum Gasteiger partial charge on any atom is 0.248 e. The van der Waals surface area contributed by atoms with Gasteiger partial charge in [-0.25, -0.2) is 9.97 Å². The van der Waals surface area contributed by atoms with Gasteiger partial charge in [0.1, 0.15) is 6.61 Å². The zero-order valence-electron chi connectivity index (χ0n) is 12.4. The van der Waals surface area contributed by atoms with Crippen molar-refractivity contribution in [3.8, 4) is 0 Å². The molecule has 1 atom stereocenters. The van der Waals surface area contributed by atoms with Crippen LogP contribution in [0.25, 0.3) is 0 Å². The Hall–Kier alpha value is -1.34. The number of hydrogen-bond acceptors (Lipinski definition) is 6. The van der Waals surface area contributed by atoms with Gasteiger partial charge in [0, 0.05) is 45.3 Å². The Bertz CT molecular complexity index is 505. The number of anilines is 1. The van der Waals surface area contributed by atoms with Gasteiger partial charge in [0.2, 0.25) is 11.9 Å². The van der Waals surface area contributed by atoms with Gasteiger partial charge in [-0.1, -0.05) is 0 Å². The number of nitrogens with zero attached hydrogens (tertiary/aromatic N) is 4. The van der Waals surface area contributed by atoms with E-state index in [2.05, 4.69) is 14.9 Å². The molecule has 1 spiro atoms. The van der Waals surface area contributed by atoms with E-state index in [9.17, 15) is 4.79 Å². The van der Waals surface area contributed by atoms with E-state index in [0.717, 1.165) is 31.2 Å². The van der Waals surface area contributed by atoms with Gasteiger partial charge < -0.3 is 14.5 Å². The summed E-state index contributed by atoms with van der Waals surface area (Å²) in [5, 5.41) is 0.